The van der Waals surface area contributed by atoms with Crippen LogP contribution in [0.2, 0.25) is 0 Å². The number of carbonyl (C=O) groups excluding carboxylic acids is 1. The highest BCUT2D eigenvalue weighted by Gasteiger charge is 2.24. The van der Waals surface area contributed by atoms with Gasteiger partial charge in [0, 0.05) is 38.6 Å². The van der Waals surface area contributed by atoms with Gasteiger partial charge in [0.05, 0.1) is 11.3 Å². The molecule has 0 unspecified atom stereocenters. The van der Waals surface area contributed by atoms with Crippen molar-refractivity contribution in [1.82, 2.24) is 15.0 Å². The number of rotatable bonds is 8. The first kappa shape index (κ1) is 21.1. The van der Waals surface area contributed by atoms with E-state index in [1.165, 1.54) is 6.07 Å². The van der Waals surface area contributed by atoms with Crippen LogP contribution in [0, 0.1) is 13.8 Å². The van der Waals surface area contributed by atoms with Crippen LogP contribution >= 0.6 is 0 Å². The second-order valence-corrected chi connectivity index (χ2v) is 7.32. The molecular formula is C21H29N3O5. The quantitative estimate of drug-likeness (QED) is 0.681. The number of pyridine rings is 1. The van der Waals surface area contributed by atoms with Crippen molar-refractivity contribution in [3.63, 3.8) is 0 Å². The highest BCUT2D eigenvalue weighted by molar-refractivity contribution is 5.98. The number of fused-ring (bicyclic) bond motifs is 1. The van der Waals surface area contributed by atoms with Crippen molar-refractivity contribution in [2.45, 2.75) is 59.1 Å². The van der Waals surface area contributed by atoms with E-state index in [-0.39, 0.29) is 18.1 Å². The summed E-state index contributed by atoms with van der Waals surface area (Å²) < 4.78 is 17.9. The van der Waals surface area contributed by atoms with E-state index in [0.717, 1.165) is 36.2 Å². The third-order valence-electron chi connectivity index (χ3n) is 5.27. The molecule has 0 bridgehead atoms. The lowest BCUT2D eigenvalue weighted by atomic mass is 10.1. The molecule has 1 aliphatic heterocycles. The van der Waals surface area contributed by atoms with Crippen LogP contribution in [0.5, 0.6) is 5.75 Å². The molecule has 158 valence electrons. The summed E-state index contributed by atoms with van der Waals surface area (Å²) in [5.41, 5.74) is 2.64. The Bertz CT molecular complexity index is 896. The fourth-order valence-electron chi connectivity index (χ4n) is 3.64. The number of methoxy groups -OCH3 is 1. The molecule has 0 saturated carbocycles. The number of hydrogen-bond donors (Lipinski definition) is 1. The minimum absolute atomic E-state index is 0.133. The van der Waals surface area contributed by atoms with E-state index in [1.54, 1.807) is 11.7 Å². The van der Waals surface area contributed by atoms with Crippen LogP contribution < -0.4 is 15.6 Å². The maximum absolute atomic E-state index is 13.0. The van der Waals surface area contributed by atoms with E-state index in [9.17, 15) is 9.59 Å². The molecule has 3 heterocycles. The number of nitrogens with zero attached hydrogens (tertiary/aromatic N) is 2. The molecule has 0 spiro atoms. The highest BCUT2D eigenvalue weighted by Crippen LogP contribution is 2.26. The Morgan fingerprint density at radius 3 is 2.86 bits per heavy atom. The van der Waals surface area contributed by atoms with Gasteiger partial charge in [-0.25, -0.2) is 0 Å². The lowest BCUT2D eigenvalue weighted by molar-refractivity contribution is 0.0941. The van der Waals surface area contributed by atoms with Gasteiger partial charge in [-0.15, -0.1) is 0 Å². The predicted octanol–water partition coefficient (Wildman–Crippen LogP) is 2.52. The van der Waals surface area contributed by atoms with Gasteiger partial charge in [-0.2, -0.15) is 0 Å². The molecule has 8 nitrogen and oxygen atoms in total. The summed E-state index contributed by atoms with van der Waals surface area (Å²) in [5, 5.41) is 6.87. The smallest absolute Gasteiger partial charge is 0.256 e. The van der Waals surface area contributed by atoms with E-state index in [1.807, 2.05) is 13.8 Å². The Morgan fingerprint density at radius 1 is 1.31 bits per heavy atom. The Hall–Kier alpha value is -2.61. The molecule has 0 saturated heterocycles. The van der Waals surface area contributed by atoms with Crippen LogP contribution in [0.15, 0.2) is 15.4 Å². The molecule has 2 aromatic rings. The van der Waals surface area contributed by atoms with Gasteiger partial charge in [0.1, 0.15) is 23.7 Å². The Morgan fingerprint density at radius 2 is 2.14 bits per heavy atom. The van der Waals surface area contributed by atoms with Gasteiger partial charge in [0.15, 0.2) is 0 Å². The van der Waals surface area contributed by atoms with Crippen molar-refractivity contribution < 1.29 is 18.8 Å². The predicted molar refractivity (Wildman–Crippen MR) is 107 cm³/mol. The number of ether oxygens (including phenoxy) is 2. The van der Waals surface area contributed by atoms with Crippen molar-refractivity contribution in [3.8, 4) is 5.75 Å². The fourth-order valence-corrected chi connectivity index (χ4v) is 3.64. The maximum atomic E-state index is 13.0. The minimum Gasteiger partial charge on any atom is -0.488 e. The second kappa shape index (κ2) is 9.73. The van der Waals surface area contributed by atoms with Crippen molar-refractivity contribution in [2.24, 2.45) is 0 Å². The van der Waals surface area contributed by atoms with Gasteiger partial charge in [0.25, 0.3) is 11.5 Å². The average molecular weight is 403 g/mol. The molecule has 0 aromatic carbocycles. The van der Waals surface area contributed by atoms with E-state index in [2.05, 4.69) is 10.5 Å². The number of carbonyl (C=O) groups is 1. The lowest BCUT2D eigenvalue weighted by Crippen LogP contribution is -2.31. The minimum atomic E-state index is -0.222. The molecule has 2 aromatic heterocycles. The van der Waals surface area contributed by atoms with Gasteiger partial charge >= 0.3 is 0 Å². The highest BCUT2D eigenvalue weighted by atomic mass is 16.5. The first-order valence-corrected chi connectivity index (χ1v) is 10.1. The summed E-state index contributed by atoms with van der Waals surface area (Å²) >= 11 is 0. The molecule has 8 heteroatoms. The zero-order chi connectivity index (χ0) is 20.8. The van der Waals surface area contributed by atoms with E-state index in [4.69, 9.17) is 14.0 Å². The van der Waals surface area contributed by atoms with Gasteiger partial charge in [-0.1, -0.05) is 11.6 Å². The number of aryl methyl sites for hydroxylation is 2. The first-order chi connectivity index (χ1) is 14.0. The zero-order valence-electron chi connectivity index (χ0n) is 17.4. The standard InChI is InChI=1S/C21H29N3O5/c1-14-16(15(2)29-23-14)13-28-18-12-19(25)24-10-6-4-5-8-17(24)20(18)21(26)22-9-7-11-27-3/h12H,4-11,13H2,1-3H3,(H,22,26). The van der Waals surface area contributed by atoms with Crippen LogP contribution in [0.4, 0.5) is 0 Å². The maximum Gasteiger partial charge on any atom is 0.256 e. The second-order valence-electron chi connectivity index (χ2n) is 7.32. The molecule has 1 amide bonds. The van der Waals surface area contributed by atoms with Crippen molar-refractivity contribution >= 4 is 5.91 Å². The molecule has 0 aliphatic carbocycles. The SMILES string of the molecule is COCCCNC(=O)c1c(OCc2c(C)noc2C)cc(=O)n2c1CCCCC2. The summed E-state index contributed by atoms with van der Waals surface area (Å²) in [5.74, 6) is 0.757. The van der Waals surface area contributed by atoms with Crippen LogP contribution in [0.3, 0.4) is 0 Å². The van der Waals surface area contributed by atoms with E-state index in [0.29, 0.717) is 49.6 Å². The Labute approximate surface area is 170 Å². The molecule has 29 heavy (non-hydrogen) atoms. The third-order valence-corrected chi connectivity index (χ3v) is 5.27. The molecule has 0 radical (unpaired) electrons. The lowest BCUT2D eigenvalue weighted by Gasteiger charge is -2.18. The first-order valence-electron chi connectivity index (χ1n) is 10.1. The fraction of sp³-hybridized carbons (Fsp3) is 0.571. The molecule has 3 rings (SSSR count). The van der Waals surface area contributed by atoms with Gasteiger partial charge in [-0.05, 0) is 39.5 Å². The topological polar surface area (TPSA) is 95.6 Å². The molecule has 0 atom stereocenters. The number of nitrogens with one attached hydrogen (secondary N) is 1. The van der Waals surface area contributed by atoms with Crippen LogP contribution in [-0.4, -0.2) is 35.9 Å². The van der Waals surface area contributed by atoms with Gasteiger partial charge < -0.3 is 23.9 Å². The van der Waals surface area contributed by atoms with Crippen molar-refractivity contribution in [3.05, 3.63) is 44.7 Å². The Balaban J connectivity index is 1.93. The molecule has 1 N–H and O–H groups in total. The zero-order valence-corrected chi connectivity index (χ0v) is 17.4. The molecular weight excluding hydrogens is 374 g/mol. The molecule has 0 fully saturated rings. The van der Waals surface area contributed by atoms with Gasteiger partial charge in [0.2, 0.25) is 0 Å². The van der Waals surface area contributed by atoms with E-state index >= 15 is 0 Å². The van der Waals surface area contributed by atoms with E-state index < -0.39 is 0 Å². The largest absolute Gasteiger partial charge is 0.488 e. The summed E-state index contributed by atoms with van der Waals surface area (Å²) in [4.78, 5) is 25.8. The summed E-state index contributed by atoms with van der Waals surface area (Å²) in [6.45, 7) is 5.53. The van der Waals surface area contributed by atoms with Crippen LogP contribution in [-0.2, 0) is 24.3 Å². The monoisotopic (exact) mass is 403 g/mol. The Kier molecular flexibility index (Phi) is 7.09. The van der Waals surface area contributed by atoms with Crippen LogP contribution in [0.25, 0.3) is 0 Å². The van der Waals surface area contributed by atoms with Crippen LogP contribution in [0.1, 0.15) is 58.8 Å². The number of hydrogen-bond acceptors (Lipinski definition) is 6. The normalized spacial score (nSPS) is 13.6. The molecule has 1 aliphatic rings. The van der Waals surface area contributed by atoms with Gasteiger partial charge in [-0.3, -0.25) is 9.59 Å². The van der Waals surface area contributed by atoms with Crippen molar-refractivity contribution in [1.29, 1.82) is 0 Å². The summed E-state index contributed by atoms with van der Waals surface area (Å²) in [6.07, 6.45) is 4.30. The average Bonchev–Trinajstić information content (AvgIpc) is 2.88. The number of aromatic nitrogens is 2. The summed E-state index contributed by atoms with van der Waals surface area (Å²) in [6, 6.07) is 1.43. The third kappa shape index (κ3) is 4.87. The van der Waals surface area contributed by atoms with Crippen molar-refractivity contribution in [2.75, 3.05) is 20.3 Å². The number of amides is 1. The summed E-state index contributed by atoms with van der Waals surface area (Å²) in [7, 11) is 1.63.